The van der Waals surface area contributed by atoms with Gasteiger partial charge in [0.05, 0.1) is 11.4 Å². The maximum Gasteiger partial charge on any atom is 0.291 e. The number of rotatable bonds is 6. The first-order chi connectivity index (χ1) is 14.0. The molecule has 0 unspecified atom stereocenters. The summed E-state index contributed by atoms with van der Waals surface area (Å²) in [7, 11) is -3.73. The second-order valence-electron chi connectivity index (χ2n) is 7.77. The van der Waals surface area contributed by atoms with E-state index >= 15 is 0 Å². The number of sulfonamides is 1. The molecule has 0 fully saturated rings. The van der Waals surface area contributed by atoms with E-state index in [0.29, 0.717) is 11.4 Å². The number of hydrogen-bond acceptors (Lipinski definition) is 5. The summed E-state index contributed by atoms with van der Waals surface area (Å²) < 4.78 is 34.5. The molecule has 0 radical (unpaired) electrons. The lowest BCUT2D eigenvalue weighted by atomic mass is 10.1. The van der Waals surface area contributed by atoms with Gasteiger partial charge in [0.15, 0.2) is 5.76 Å². The largest absolute Gasteiger partial charge is 0.454 e. The highest BCUT2D eigenvalue weighted by Gasteiger charge is 2.22. The average molecular weight is 429 g/mol. The number of nitrogens with one attached hydrogen (secondary N) is 2. The van der Waals surface area contributed by atoms with E-state index in [4.69, 9.17) is 4.42 Å². The summed E-state index contributed by atoms with van der Waals surface area (Å²) >= 11 is 0. The molecule has 1 aromatic carbocycles. The minimum atomic E-state index is -3.73. The van der Waals surface area contributed by atoms with E-state index in [9.17, 15) is 18.0 Å². The second-order valence-corrected chi connectivity index (χ2v) is 9.45. The molecule has 30 heavy (non-hydrogen) atoms. The van der Waals surface area contributed by atoms with Gasteiger partial charge in [0.1, 0.15) is 5.76 Å². The van der Waals surface area contributed by atoms with Crippen LogP contribution in [0, 0.1) is 0 Å². The molecule has 0 aliphatic carbocycles. The molecule has 3 rings (SSSR count). The minimum absolute atomic E-state index is 0.0406. The number of amides is 1. The Morgan fingerprint density at radius 1 is 1.07 bits per heavy atom. The zero-order valence-corrected chi connectivity index (χ0v) is 17.7. The molecule has 0 atom stereocenters. The fraction of sp³-hybridized carbons (Fsp3) is 0.238. The van der Waals surface area contributed by atoms with Crippen LogP contribution < -0.4 is 15.6 Å². The van der Waals surface area contributed by atoms with Crippen molar-refractivity contribution in [3.63, 3.8) is 0 Å². The van der Waals surface area contributed by atoms with Crippen molar-refractivity contribution in [1.82, 2.24) is 9.29 Å². The van der Waals surface area contributed by atoms with Crippen LogP contribution in [0.3, 0.4) is 0 Å². The molecular weight excluding hydrogens is 406 g/mol. The Labute approximate surface area is 174 Å². The molecule has 0 aliphatic rings. The first-order valence-electron chi connectivity index (χ1n) is 9.23. The normalized spacial score (nSPS) is 12.0. The number of pyridine rings is 1. The summed E-state index contributed by atoms with van der Waals surface area (Å²) in [4.78, 5) is 24.3. The van der Waals surface area contributed by atoms with Gasteiger partial charge < -0.3 is 14.3 Å². The number of nitrogens with zero attached hydrogens (tertiary/aromatic N) is 1. The van der Waals surface area contributed by atoms with Crippen molar-refractivity contribution in [2.45, 2.75) is 37.8 Å². The van der Waals surface area contributed by atoms with Gasteiger partial charge in [-0.1, -0.05) is 12.1 Å². The maximum atomic E-state index is 12.5. The first-order valence-corrected chi connectivity index (χ1v) is 10.7. The maximum absolute atomic E-state index is 12.5. The molecule has 1 amide bonds. The van der Waals surface area contributed by atoms with Crippen LogP contribution in [0.25, 0.3) is 0 Å². The number of benzene rings is 1. The molecule has 0 saturated heterocycles. The van der Waals surface area contributed by atoms with Crippen LogP contribution in [0.5, 0.6) is 0 Å². The Hall–Kier alpha value is -3.17. The molecule has 0 saturated carbocycles. The van der Waals surface area contributed by atoms with E-state index in [-0.39, 0.29) is 22.8 Å². The van der Waals surface area contributed by atoms with Crippen LogP contribution in [0.4, 0.5) is 5.69 Å². The predicted octanol–water partition coefficient (Wildman–Crippen LogP) is 2.82. The predicted molar refractivity (Wildman–Crippen MR) is 113 cm³/mol. The fourth-order valence-corrected chi connectivity index (χ4v) is 4.20. The third-order valence-corrected chi connectivity index (χ3v) is 5.71. The molecule has 2 heterocycles. The number of furan rings is 1. The van der Waals surface area contributed by atoms with E-state index in [2.05, 4.69) is 10.0 Å². The molecule has 0 spiro atoms. The Morgan fingerprint density at radius 3 is 2.53 bits per heavy atom. The SMILES string of the molecule is CC(C)(C)NS(=O)(=O)c1cccc(NC(=O)c2ccc(Cn3ccccc3=O)o2)c1. The van der Waals surface area contributed by atoms with Gasteiger partial charge in [0.2, 0.25) is 10.0 Å². The molecule has 2 aromatic heterocycles. The topological polar surface area (TPSA) is 110 Å². The van der Waals surface area contributed by atoms with Gasteiger partial charge in [-0.25, -0.2) is 13.1 Å². The van der Waals surface area contributed by atoms with Crippen molar-refractivity contribution in [3.05, 3.63) is 82.7 Å². The summed E-state index contributed by atoms with van der Waals surface area (Å²) in [5.74, 6) is -0.0331. The van der Waals surface area contributed by atoms with Gasteiger partial charge in [0.25, 0.3) is 11.5 Å². The molecule has 0 aliphatic heterocycles. The van der Waals surface area contributed by atoms with Crippen molar-refractivity contribution in [2.24, 2.45) is 0 Å². The third-order valence-electron chi connectivity index (χ3n) is 3.95. The Kier molecular flexibility index (Phi) is 5.95. The molecular formula is C21H23N3O5S. The van der Waals surface area contributed by atoms with Crippen molar-refractivity contribution in [1.29, 1.82) is 0 Å². The standard InChI is InChI=1S/C21H23N3O5S/c1-21(2,3)23-30(27,28)17-8-6-7-15(13-17)22-20(26)18-11-10-16(29-18)14-24-12-5-4-9-19(24)25/h4-13,23H,14H2,1-3H3,(H,22,26). The Bertz CT molecular complexity index is 1220. The lowest BCUT2D eigenvalue weighted by Crippen LogP contribution is -2.40. The lowest BCUT2D eigenvalue weighted by molar-refractivity contribution is 0.0994. The van der Waals surface area contributed by atoms with E-state index in [1.807, 2.05) is 0 Å². The number of aromatic nitrogens is 1. The van der Waals surface area contributed by atoms with Crippen LogP contribution in [0.1, 0.15) is 37.1 Å². The van der Waals surface area contributed by atoms with Crippen LogP contribution >= 0.6 is 0 Å². The van der Waals surface area contributed by atoms with Crippen molar-refractivity contribution in [2.75, 3.05) is 5.32 Å². The first kappa shape index (κ1) is 21.5. The van der Waals surface area contributed by atoms with Crippen molar-refractivity contribution >= 4 is 21.6 Å². The summed E-state index contributed by atoms with van der Waals surface area (Å²) in [5, 5.41) is 2.63. The van der Waals surface area contributed by atoms with Crippen molar-refractivity contribution in [3.8, 4) is 0 Å². The second kappa shape index (κ2) is 8.29. The highest BCUT2D eigenvalue weighted by Crippen LogP contribution is 2.19. The van der Waals surface area contributed by atoms with Gasteiger partial charge in [-0.3, -0.25) is 9.59 Å². The van der Waals surface area contributed by atoms with E-state index < -0.39 is 21.5 Å². The lowest BCUT2D eigenvalue weighted by Gasteiger charge is -2.20. The van der Waals surface area contributed by atoms with Crippen LogP contribution in [-0.2, 0) is 16.6 Å². The fourth-order valence-electron chi connectivity index (χ4n) is 2.74. The molecule has 0 bridgehead atoms. The number of carbonyl (C=O) groups excluding carboxylic acids is 1. The molecule has 8 nitrogen and oxygen atoms in total. The van der Waals surface area contributed by atoms with Crippen molar-refractivity contribution < 1.29 is 17.6 Å². The molecule has 158 valence electrons. The van der Waals surface area contributed by atoms with E-state index in [1.165, 1.54) is 28.8 Å². The van der Waals surface area contributed by atoms with Crippen LogP contribution in [0.15, 0.2) is 74.9 Å². The minimum Gasteiger partial charge on any atom is -0.454 e. The highest BCUT2D eigenvalue weighted by molar-refractivity contribution is 7.89. The zero-order valence-electron chi connectivity index (χ0n) is 16.9. The third kappa shape index (κ3) is 5.46. The van der Waals surface area contributed by atoms with Gasteiger partial charge in [-0.2, -0.15) is 0 Å². The molecule has 3 aromatic rings. The summed E-state index contributed by atoms with van der Waals surface area (Å²) in [5.41, 5.74) is -0.501. The average Bonchev–Trinajstić information content (AvgIpc) is 3.11. The summed E-state index contributed by atoms with van der Waals surface area (Å²) in [6.07, 6.45) is 1.63. The monoisotopic (exact) mass is 429 g/mol. The van der Waals surface area contributed by atoms with E-state index in [0.717, 1.165) is 0 Å². The highest BCUT2D eigenvalue weighted by atomic mass is 32.2. The smallest absolute Gasteiger partial charge is 0.291 e. The Morgan fingerprint density at radius 2 is 1.83 bits per heavy atom. The number of hydrogen-bond donors (Lipinski definition) is 2. The quantitative estimate of drug-likeness (QED) is 0.626. The van der Waals surface area contributed by atoms with Crippen LogP contribution in [-0.4, -0.2) is 24.4 Å². The zero-order chi connectivity index (χ0) is 21.9. The summed E-state index contributed by atoms with van der Waals surface area (Å²) in [6.45, 7) is 5.43. The van der Waals surface area contributed by atoms with Gasteiger partial charge >= 0.3 is 0 Å². The number of carbonyl (C=O) groups is 1. The van der Waals surface area contributed by atoms with Gasteiger partial charge in [0, 0.05) is 23.5 Å². The molecule has 9 heteroatoms. The summed E-state index contributed by atoms with van der Waals surface area (Å²) in [6, 6.07) is 13.9. The van der Waals surface area contributed by atoms with Crippen LogP contribution in [0.2, 0.25) is 0 Å². The van der Waals surface area contributed by atoms with Gasteiger partial charge in [-0.05, 0) is 57.2 Å². The van der Waals surface area contributed by atoms with E-state index in [1.54, 1.807) is 57.3 Å². The number of anilines is 1. The Balaban J connectivity index is 1.73. The molecule has 2 N–H and O–H groups in total. The van der Waals surface area contributed by atoms with Gasteiger partial charge in [-0.15, -0.1) is 0 Å².